The minimum absolute atomic E-state index is 0.143. The van der Waals surface area contributed by atoms with E-state index >= 15 is 0 Å². The van der Waals surface area contributed by atoms with Crippen molar-refractivity contribution in [1.82, 2.24) is 15.3 Å². The molecular weight excluding hydrogens is 234 g/mol. The van der Waals surface area contributed by atoms with Crippen LogP contribution in [0.15, 0.2) is 17.4 Å². The second-order valence-corrected chi connectivity index (χ2v) is 5.51. The van der Waals surface area contributed by atoms with Crippen LogP contribution in [-0.4, -0.2) is 32.5 Å². The first kappa shape index (κ1) is 11.0. The molecule has 1 aromatic rings. The third-order valence-corrected chi connectivity index (χ3v) is 4.22. The van der Waals surface area contributed by atoms with Crippen LogP contribution in [0.25, 0.3) is 0 Å². The average molecular weight is 246 g/mol. The molecule has 0 unspecified atom stereocenters. The van der Waals surface area contributed by atoms with Gasteiger partial charge in [-0.05, 0) is 19.4 Å². The van der Waals surface area contributed by atoms with Gasteiger partial charge in [-0.15, -0.1) is 0 Å². The fraction of sp³-hybridized carbons (Fsp3) is 0.556. The first-order chi connectivity index (χ1) is 7.27. The summed E-state index contributed by atoms with van der Waals surface area (Å²) in [5.41, 5.74) is 0. The molecule has 4 nitrogen and oxygen atoms in total. The van der Waals surface area contributed by atoms with E-state index in [4.69, 9.17) is 11.6 Å². The van der Waals surface area contributed by atoms with Crippen LogP contribution in [0.4, 0.5) is 0 Å². The van der Waals surface area contributed by atoms with Crippen molar-refractivity contribution >= 4 is 22.4 Å². The van der Waals surface area contributed by atoms with Crippen molar-refractivity contribution in [3.8, 4) is 0 Å². The molecule has 2 heterocycles. The van der Waals surface area contributed by atoms with Crippen LogP contribution in [0, 0.1) is 0 Å². The fourth-order valence-corrected chi connectivity index (χ4v) is 3.18. The monoisotopic (exact) mass is 245 g/mol. The van der Waals surface area contributed by atoms with Crippen molar-refractivity contribution < 1.29 is 4.21 Å². The first-order valence-corrected chi connectivity index (χ1v) is 6.45. The molecule has 15 heavy (non-hydrogen) atoms. The fourth-order valence-electron chi connectivity index (χ4n) is 1.60. The van der Waals surface area contributed by atoms with Gasteiger partial charge in [-0.25, -0.2) is 9.97 Å². The van der Waals surface area contributed by atoms with E-state index in [1.807, 2.05) is 0 Å². The highest BCUT2D eigenvalue weighted by Gasteiger charge is 2.21. The molecule has 0 amide bonds. The van der Waals surface area contributed by atoms with Crippen LogP contribution in [0.2, 0.25) is 5.15 Å². The van der Waals surface area contributed by atoms with Gasteiger partial charge in [0.2, 0.25) is 0 Å². The second-order valence-electron chi connectivity index (χ2n) is 3.44. The van der Waals surface area contributed by atoms with Gasteiger partial charge in [0, 0.05) is 12.6 Å². The Labute approximate surface area is 95.9 Å². The van der Waals surface area contributed by atoms with Crippen LogP contribution in [0.5, 0.6) is 0 Å². The number of piperidine rings is 1. The van der Waals surface area contributed by atoms with Crippen LogP contribution in [0.1, 0.15) is 12.8 Å². The van der Waals surface area contributed by atoms with Crippen molar-refractivity contribution in [2.75, 3.05) is 13.1 Å². The number of rotatable bonds is 2. The van der Waals surface area contributed by atoms with Crippen molar-refractivity contribution in [3.63, 3.8) is 0 Å². The summed E-state index contributed by atoms with van der Waals surface area (Å²) < 4.78 is 12.1. The third kappa shape index (κ3) is 2.74. The molecule has 0 radical (unpaired) electrons. The normalized spacial score (nSPS) is 23.7. The van der Waals surface area contributed by atoms with E-state index < -0.39 is 10.8 Å². The average Bonchev–Trinajstić information content (AvgIpc) is 2.29. The maximum atomic E-state index is 12.1. The predicted molar refractivity (Wildman–Crippen MR) is 59.3 cm³/mol. The lowest BCUT2D eigenvalue weighted by molar-refractivity contribution is 0.519. The quantitative estimate of drug-likeness (QED) is 0.790. The van der Waals surface area contributed by atoms with Gasteiger partial charge in [-0.2, -0.15) is 0 Å². The van der Waals surface area contributed by atoms with E-state index in [1.54, 1.807) is 6.07 Å². The summed E-state index contributed by atoms with van der Waals surface area (Å²) in [4.78, 5) is 7.76. The third-order valence-electron chi connectivity index (χ3n) is 2.37. The number of hydrogen-bond donors (Lipinski definition) is 1. The molecule has 2 rings (SSSR count). The Balaban J connectivity index is 2.12. The lowest BCUT2D eigenvalue weighted by Crippen LogP contribution is -2.36. The molecule has 82 valence electrons. The second kappa shape index (κ2) is 5.01. The zero-order valence-corrected chi connectivity index (χ0v) is 9.72. The molecule has 6 heteroatoms. The van der Waals surface area contributed by atoms with Crippen molar-refractivity contribution in [1.29, 1.82) is 0 Å². The Kier molecular flexibility index (Phi) is 3.66. The van der Waals surface area contributed by atoms with Crippen LogP contribution >= 0.6 is 11.6 Å². The number of halogens is 1. The summed E-state index contributed by atoms with van der Waals surface area (Å²) in [7, 11) is -1.08. The number of aromatic nitrogens is 2. The van der Waals surface area contributed by atoms with E-state index in [1.165, 1.54) is 6.33 Å². The topological polar surface area (TPSA) is 54.9 Å². The minimum Gasteiger partial charge on any atom is -0.316 e. The number of nitrogens with one attached hydrogen (secondary N) is 1. The van der Waals surface area contributed by atoms with Crippen LogP contribution < -0.4 is 5.32 Å². The molecule has 0 aliphatic carbocycles. The number of hydrogen-bond acceptors (Lipinski definition) is 4. The Bertz CT molecular complexity index is 368. The molecule has 2 atom stereocenters. The Morgan fingerprint density at radius 2 is 2.40 bits per heavy atom. The molecule has 1 aromatic heterocycles. The lowest BCUT2D eigenvalue weighted by Gasteiger charge is -2.21. The SMILES string of the molecule is O=[S@](c1cc(Cl)ncn1)[C@H]1CCCNC1. The van der Waals surface area contributed by atoms with Gasteiger partial charge in [0.05, 0.1) is 16.0 Å². The lowest BCUT2D eigenvalue weighted by atomic mass is 10.2. The Morgan fingerprint density at radius 1 is 1.53 bits per heavy atom. The van der Waals surface area contributed by atoms with E-state index in [0.29, 0.717) is 10.2 Å². The molecule has 1 aliphatic rings. The largest absolute Gasteiger partial charge is 0.316 e. The summed E-state index contributed by atoms with van der Waals surface area (Å²) in [5, 5.41) is 4.25. The van der Waals surface area contributed by atoms with Gasteiger partial charge in [-0.3, -0.25) is 4.21 Å². The van der Waals surface area contributed by atoms with Gasteiger partial charge in [0.1, 0.15) is 16.5 Å². The molecule has 0 aromatic carbocycles. The standard InChI is InChI=1S/C9H12ClN3OS/c10-8-4-9(13-6-12-8)15(14)7-2-1-3-11-5-7/h4,6-7,11H,1-3,5H2/t7-,15-/m0/s1. The van der Waals surface area contributed by atoms with Gasteiger partial charge in [0.15, 0.2) is 0 Å². The first-order valence-electron chi connectivity index (χ1n) is 4.86. The van der Waals surface area contributed by atoms with E-state index in [-0.39, 0.29) is 5.25 Å². The summed E-state index contributed by atoms with van der Waals surface area (Å²) in [5.74, 6) is 0. The van der Waals surface area contributed by atoms with E-state index in [2.05, 4.69) is 15.3 Å². The van der Waals surface area contributed by atoms with Crippen LogP contribution in [0.3, 0.4) is 0 Å². The highest BCUT2D eigenvalue weighted by atomic mass is 35.5. The predicted octanol–water partition coefficient (Wildman–Crippen LogP) is 0.990. The Hall–Kier alpha value is -0.520. The molecule has 1 fully saturated rings. The maximum absolute atomic E-state index is 12.1. The summed E-state index contributed by atoms with van der Waals surface area (Å²) in [6.07, 6.45) is 3.39. The van der Waals surface area contributed by atoms with E-state index in [0.717, 1.165) is 25.9 Å². The van der Waals surface area contributed by atoms with Crippen molar-refractivity contribution in [2.24, 2.45) is 0 Å². The molecule has 1 N–H and O–H groups in total. The minimum atomic E-state index is -1.08. The molecule has 0 saturated carbocycles. The maximum Gasteiger partial charge on any atom is 0.133 e. The molecule has 1 saturated heterocycles. The zero-order chi connectivity index (χ0) is 10.7. The zero-order valence-electron chi connectivity index (χ0n) is 8.15. The van der Waals surface area contributed by atoms with Gasteiger partial charge in [-0.1, -0.05) is 11.6 Å². The summed E-state index contributed by atoms with van der Waals surface area (Å²) >= 11 is 5.73. The van der Waals surface area contributed by atoms with Crippen molar-refractivity contribution in [2.45, 2.75) is 23.1 Å². The van der Waals surface area contributed by atoms with Gasteiger partial charge >= 0.3 is 0 Å². The van der Waals surface area contributed by atoms with Crippen molar-refractivity contribution in [3.05, 3.63) is 17.5 Å². The van der Waals surface area contributed by atoms with Gasteiger partial charge in [0.25, 0.3) is 0 Å². The summed E-state index contributed by atoms with van der Waals surface area (Å²) in [6, 6.07) is 1.58. The highest BCUT2D eigenvalue weighted by molar-refractivity contribution is 7.85. The number of nitrogens with zero attached hydrogens (tertiary/aromatic N) is 2. The molecule has 0 spiro atoms. The molecule has 1 aliphatic heterocycles. The Morgan fingerprint density at radius 3 is 3.07 bits per heavy atom. The summed E-state index contributed by atoms with van der Waals surface area (Å²) in [6.45, 7) is 1.80. The molecule has 0 bridgehead atoms. The smallest absolute Gasteiger partial charge is 0.133 e. The van der Waals surface area contributed by atoms with E-state index in [9.17, 15) is 4.21 Å². The van der Waals surface area contributed by atoms with Crippen LogP contribution in [-0.2, 0) is 10.8 Å². The highest BCUT2D eigenvalue weighted by Crippen LogP contribution is 2.16. The van der Waals surface area contributed by atoms with Gasteiger partial charge < -0.3 is 5.32 Å². The molecular formula is C9H12ClN3OS.